The lowest BCUT2D eigenvalue weighted by atomic mass is 10.2. The lowest BCUT2D eigenvalue weighted by Crippen LogP contribution is -1.94. The van der Waals surface area contributed by atoms with E-state index in [4.69, 9.17) is 0 Å². The van der Waals surface area contributed by atoms with Gasteiger partial charge >= 0.3 is 0 Å². The highest BCUT2D eigenvalue weighted by molar-refractivity contribution is 5.45. The Kier molecular flexibility index (Phi) is 2.04. The summed E-state index contributed by atoms with van der Waals surface area (Å²) in [5.41, 5.74) is 3.85. The van der Waals surface area contributed by atoms with E-state index in [9.17, 15) is 5.11 Å². The second-order valence-corrected chi connectivity index (χ2v) is 3.69. The number of pyridine rings is 1. The largest absolute Gasteiger partial charge is 0.387 e. The number of imidazole rings is 1. The van der Waals surface area contributed by atoms with Gasteiger partial charge in [0.2, 0.25) is 0 Å². The van der Waals surface area contributed by atoms with Crippen LogP contribution in [0.1, 0.15) is 30.0 Å². The van der Waals surface area contributed by atoms with Crippen molar-refractivity contribution in [2.24, 2.45) is 0 Å². The highest BCUT2D eigenvalue weighted by Crippen LogP contribution is 2.18. The summed E-state index contributed by atoms with van der Waals surface area (Å²) in [6.45, 7) is 5.74. The van der Waals surface area contributed by atoms with Crippen molar-refractivity contribution in [1.82, 2.24) is 9.38 Å². The molecule has 14 heavy (non-hydrogen) atoms. The summed E-state index contributed by atoms with van der Waals surface area (Å²) in [7, 11) is 0. The molecule has 0 saturated carbocycles. The van der Waals surface area contributed by atoms with Crippen LogP contribution in [-0.2, 0) is 0 Å². The van der Waals surface area contributed by atoms with Gasteiger partial charge in [-0.05, 0) is 38.5 Å². The Hall–Kier alpha value is -1.35. The average Bonchev–Trinajstić information content (AvgIpc) is 2.43. The van der Waals surface area contributed by atoms with Crippen LogP contribution in [-0.4, -0.2) is 14.5 Å². The predicted molar refractivity (Wildman–Crippen MR) is 55.3 cm³/mol. The first-order valence-corrected chi connectivity index (χ1v) is 4.73. The summed E-state index contributed by atoms with van der Waals surface area (Å²) in [5, 5.41) is 9.50. The third kappa shape index (κ3) is 1.30. The zero-order valence-electron chi connectivity index (χ0n) is 8.65. The van der Waals surface area contributed by atoms with E-state index in [0.717, 1.165) is 17.0 Å². The monoisotopic (exact) mass is 190 g/mol. The van der Waals surface area contributed by atoms with Crippen LogP contribution in [0.2, 0.25) is 0 Å². The highest BCUT2D eigenvalue weighted by Gasteiger charge is 2.11. The molecule has 0 aliphatic heterocycles. The van der Waals surface area contributed by atoms with E-state index in [1.165, 1.54) is 5.56 Å². The SMILES string of the molecule is Cc1ccn2c(C)c(C(C)O)nc2c1. The molecule has 0 spiro atoms. The van der Waals surface area contributed by atoms with Gasteiger partial charge < -0.3 is 9.51 Å². The molecule has 0 radical (unpaired) electrons. The van der Waals surface area contributed by atoms with Gasteiger partial charge in [-0.25, -0.2) is 4.98 Å². The van der Waals surface area contributed by atoms with Crippen LogP contribution >= 0.6 is 0 Å². The lowest BCUT2D eigenvalue weighted by molar-refractivity contribution is 0.194. The molecule has 0 aliphatic rings. The Balaban J connectivity index is 2.73. The first-order valence-electron chi connectivity index (χ1n) is 4.73. The summed E-state index contributed by atoms with van der Waals surface area (Å²) in [4.78, 5) is 4.39. The van der Waals surface area contributed by atoms with Crippen LogP contribution in [0.5, 0.6) is 0 Å². The predicted octanol–water partition coefficient (Wildman–Crippen LogP) is 2.00. The maximum atomic E-state index is 9.50. The first-order chi connectivity index (χ1) is 6.59. The molecular weight excluding hydrogens is 176 g/mol. The summed E-state index contributed by atoms with van der Waals surface area (Å²) < 4.78 is 2.00. The van der Waals surface area contributed by atoms with E-state index < -0.39 is 6.10 Å². The van der Waals surface area contributed by atoms with Crippen molar-refractivity contribution in [2.75, 3.05) is 0 Å². The second-order valence-electron chi connectivity index (χ2n) is 3.69. The number of aromatic nitrogens is 2. The number of fused-ring (bicyclic) bond motifs is 1. The highest BCUT2D eigenvalue weighted by atomic mass is 16.3. The summed E-state index contributed by atoms with van der Waals surface area (Å²) >= 11 is 0. The van der Waals surface area contributed by atoms with Crippen LogP contribution < -0.4 is 0 Å². The van der Waals surface area contributed by atoms with Gasteiger partial charge in [-0.15, -0.1) is 0 Å². The van der Waals surface area contributed by atoms with Gasteiger partial charge in [-0.2, -0.15) is 0 Å². The number of rotatable bonds is 1. The van der Waals surface area contributed by atoms with Crippen molar-refractivity contribution in [3.63, 3.8) is 0 Å². The van der Waals surface area contributed by atoms with Crippen LogP contribution in [0.3, 0.4) is 0 Å². The number of aliphatic hydroxyl groups excluding tert-OH is 1. The van der Waals surface area contributed by atoms with E-state index in [2.05, 4.69) is 4.98 Å². The Labute approximate surface area is 83.0 Å². The first kappa shape index (κ1) is 9.21. The molecule has 3 nitrogen and oxygen atoms in total. The number of hydrogen-bond donors (Lipinski definition) is 1. The average molecular weight is 190 g/mol. The molecule has 2 aromatic rings. The van der Waals surface area contributed by atoms with Gasteiger partial charge in [0.1, 0.15) is 5.65 Å². The van der Waals surface area contributed by atoms with Crippen LogP contribution in [0, 0.1) is 13.8 Å². The Morgan fingerprint density at radius 3 is 2.79 bits per heavy atom. The molecule has 0 aromatic carbocycles. The van der Waals surface area contributed by atoms with E-state index in [1.807, 2.05) is 36.6 Å². The molecule has 3 heteroatoms. The molecule has 0 fully saturated rings. The number of aliphatic hydroxyl groups is 1. The molecule has 2 aromatic heterocycles. The fourth-order valence-electron chi connectivity index (χ4n) is 1.68. The summed E-state index contributed by atoms with van der Waals surface area (Å²) in [6, 6.07) is 4.05. The van der Waals surface area contributed by atoms with E-state index in [-0.39, 0.29) is 0 Å². The quantitative estimate of drug-likeness (QED) is 0.746. The van der Waals surface area contributed by atoms with Crippen molar-refractivity contribution in [3.8, 4) is 0 Å². The van der Waals surface area contributed by atoms with E-state index in [0.29, 0.717) is 0 Å². The van der Waals surface area contributed by atoms with Crippen molar-refractivity contribution in [3.05, 3.63) is 35.3 Å². The summed E-state index contributed by atoms with van der Waals surface area (Å²) in [6.07, 6.45) is 1.48. The molecule has 1 N–H and O–H groups in total. The van der Waals surface area contributed by atoms with E-state index >= 15 is 0 Å². The van der Waals surface area contributed by atoms with Gasteiger partial charge in [-0.3, -0.25) is 0 Å². The van der Waals surface area contributed by atoms with Crippen molar-refractivity contribution in [2.45, 2.75) is 26.9 Å². The van der Waals surface area contributed by atoms with Gasteiger partial charge in [0.25, 0.3) is 0 Å². The third-order valence-corrected chi connectivity index (χ3v) is 2.45. The zero-order valence-corrected chi connectivity index (χ0v) is 8.65. The Bertz CT molecular complexity index is 471. The maximum Gasteiger partial charge on any atom is 0.137 e. The third-order valence-electron chi connectivity index (χ3n) is 2.45. The van der Waals surface area contributed by atoms with Gasteiger partial charge in [0, 0.05) is 11.9 Å². The zero-order chi connectivity index (χ0) is 10.3. The fraction of sp³-hybridized carbons (Fsp3) is 0.364. The minimum Gasteiger partial charge on any atom is -0.387 e. The summed E-state index contributed by atoms with van der Waals surface area (Å²) in [5.74, 6) is 0. The number of aryl methyl sites for hydroxylation is 2. The second kappa shape index (κ2) is 3.10. The Morgan fingerprint density at radius 1 is 1.43 bits per heavy atom. The van der Waals surface area contributed by atoms with Crippen LogP contribution in [0.4, 0.5) is 0 Å². The van der Waals surface area contributed by atoms with Gasteiger partial charge in [-0.1, -0.05) is 0 Å². The van der Waals surface area contributed by atoms with Crippen molar-refractivity contribution < 1.29 is 5.11 Å². The molecule has 0 saturated heterocycles. The van der Waals surface area contributed by atoms with E-state index in [1.54, 1.807) is 6.92 Å². The number of nitrogens with zero attached hydrogens (tertiary/aromatic N) is 2. The standard InChI is InChI=1S/C11H14N2O/c1-7-4-5-13-8(2)11(9(3)14)12-10(13)6-7/h4-6,9,14H,1-3H3. The fourth-order valence-corrected chi connectivity index (χ4v) is 1.68. The van der Waals surface area contributed by atoms with Gasteiger partial charge in [0.05, 0.1) is 11.8 Å². The number of hydrogen-bond acceptors (Lipinski definition) is 2. The Morgan fingerprint density at radius 2 is 2.14 bits per heavy atom. The minimum absolute atomic E-state index is 0.504. The molecule has 0 bridgehead atoms. The van der Waals surface area contributed by atoms with Crippen molar-refractivity contribution in [1.29, 1.82) is 0 Å². The smallest absolute Gasteiger partial charge is 0.137 e. The molecule has 1 atom stereocenters. The van der Waals surface area contributed by atoms with Gasteiger partial charge in [0.15, 0.2) is 0 Å². The van der Waals surface area contributed by atoms with Crippen LogP contribution in [0.15, 0.2) is 18.3 Å². The molecule has 74 valence electrons. The normalized spacial score (nSPS) is 13.4. The van der Waals surface area contributed by atoms with Crippen LogP contribution in [0.25, 0.3) is 5.65 Å². The molecular formula is C11H14N2O. The lowest BCUT2D eigenvalue weighted by Gasteiger charge is -2.00. The van der Waals surface area contributed by atoms with Crippen molar-refractivity contribution >= 4 is 5.65 Å². The molecule has 2 rings (SSSR count). The molecule has 2 heterocycles. The molecule has 0 amide bonds. The minimum atomic E-state index is -0.504. The molecule has 0 aliphatic carbocycles. The topological polar surface area (TPSA) is 37.5 Å². The molecule has 1 unspecified atom stereocenters. The maximum absolute atomic E-state index is 9.50.